The van der Waals surface area contributed by atoms with E-state index in [0.29, 0.717) is 31.3 Å². The van der Waals surface area contributed by atoms with Gasteiger partial charge in [-0.05, 0) is 12.8 Å². The van der Waals surface area contributed by atoms with E-state index in [-0.39, 0.29) is 23.4 Å². The first-order chi connectivity index (χ1) is 10.9. The van der Waals surface area contributed by atoms with Crippen LogP contribution in [-0.2, 0) is 14.8 Å². The second kappa shape index (κ2) is 6.29. The summed E-state index contributed by atoms with van der Waals surface area (Å²) >= 11 is 1.24. The number of aromatic nitrogens is 3. The van der Waals surface area contributed by atoms with Gasteiger partial charge < -0.3 is 4.90 Å². The van der Waals surface area contributed by atoms with Crippen LogP contribution in [0.25, 0.3) is 0 Å². The lowest BCUT2D eigenvalue weighted by molar-refractivity contribution is -0.129. The summed E-state index contributed by atoms with van der Waals surface area (Å²) in [5.74, 6) is 0.122. The Morgan fingerprint density at radius 2 is 1.96 bits per heavy atom. The van der Waals surface area contributed by atoms with E-state index in [0.717, 1.165) is 12.8 Å². The molecule has 2 fully saturated rings. The van der Waals surface area contributed by atoms with Crippen LogP contribution < -0.4 is 5.69 Å². The molecule has 1 aliphatic heterocycles. The second-order valence-corrected chi connectivity index (χ2v) is 8.67. The smallest absolute Gasteiger partial charge is 0.339 e. The first kappa shape index (κ1) is 16.5. The monoisotopic (exact) mass is 361 g/mol. The zero-order valence-electron chi connectivity index (χ0n) is 12.8. The highest BCUT2D eigenvalue weighted by Crippen LogP contribution is 2.36. The van der Waals surface area contributed by atoms with E-state index in [4.69, 9.17) is 0 Å². The number of rotatable bonds is 5. The average molecular weight is 361 g/mol. The highest BCUT2D eigenvalue weighted by molar-refractivity contribution is 7.99. The summed E-state index contributed by atoms with van der Waals surface area (Å²) in [4.78, 5) is 25.6. The van der Waals surface area contributed by atoms with E-state index < -0.39 is 10.0 Å². The largest absolute Gasteiger partial charge is 0.344 e. The van der Waals surface area contributed by atoms with Crippen molar-refractivity contribution in [3.63, 3.8) is 0 Å². The van der Waals surface area contributed by atoms with Gasteiger partial charge in [-0.15, -0.1) is 5.10 Å². The maximum Gasteiger partial charge on any atom is 0.344 e. The summed E-state index contributed by atoms with van der Waals surface area (Å²) in [6, 6.07) is 0.206. The fourth-order valence-corrected chi connectivity index (χ4v) is 4.28. The predicted molar refractivity (Wildman–Crippen MR) is 84.8 cm³/mol. The fourth-order valence-electron chi connectivity index (χ4n) is 2.53. The highest BCUT2D eigenvalue weighted by atomic mass is 32.2. The topological polar surface area (TPSA) is 108 Å². The predicted octanol–water partition coefficient (Wildman–Crippen LogP) is -0.898. The number of nitrogens with zero attached hydrogens (tertiary/aromatic N) is 4. The Bertz CT molecular complexity index is 744. The molecule has 0 bridgehead atoms. The third kappa shape index (κ3) is 3.78. The van der Waals surface area contributed by atoms with Crippen molar-refractivity contribution in [2.24, 2.45) is 0 Å². The SMILES string of the molecule is CS(=O)(=O)N1CCN(C(=O)CSc2n[nH]c(=O)n2C2CC2)CC1. The number of H-pyrrole nitrogens is 1. The van der Waals surface area contributed by atoms with E-state index in [9.17, 15) is 18.0 Å². The first-order valence-electron chi connectivity index (χ1n) is 7.39. The molecule has 3 rings (SSSR count). The highest BCUT2D eigenvalue weighted by Gasteiger charge is 2.30. The molecule has 0 atom stereocenters. The Balaban J connectivity index is 1.54. The summed E-state index contributed by atoms with van der Waals surface area (Å²) in [7, 11) is -3.20. The van der Waals surface area contributed by atoms with Crippen molar-refractivity contribution >= 4 is 27.7 Å². The number of hydrogen-bond acceptors (Lipinski definition) is 6. The van der Waals surface area contributed by atoms with Gasteiger partial charge in [-0.3, -0.25) is 9.36 Å². The van der Waals surface area contributed by atoms with Crippen LogP contribution >= 0.6 is 11.8 Å². The molecule has 1 aromatic heterocycles. The second-order valence-electron chi connectivity index (χ2n) is 5.74. The molecule has 128 valence electrons. The van der Waals surface area contributed by atoms with Crippen LogP contribution in [0.4, 0.5) is 0 Å². The molecule has 1 saturated carbocycles. The molecule has 9 nitrogen and oxygen atoms in total. The molecular weight excluding hydrogens is 342 g/mol. The van der Waals surface area contributed by atoms with Gasteiger partial charge in [0.25, 0.3) is 0 Å². The lowest BCUT2D eigenvalue weighted by Crippen LogP contribution is -2.50. The zero-order valence-corrected chi connectivity index (χ0v) is 14.4. The molecule has 1 saturated heterocycles. The maximum atomic E-state index is 12.2. The van der Waals surface area contributed by atoms with Gasteiger partial charge in [0.15, 0.2) is 5.16 Å². The standard InChI is InChI=1S/C12H19N5O4S2/c1-23(20,21)16-6-4-15(5-7-16)10(18)8-22-12-14-13-11(19)17(12)9-2-3-9/h9H,2-8H2,1H3,(H,13,19). The molecule has 0 radical (unpaired) electrons. The van der Waals surface area contributed by atoms with E-state index >= 15 is 0 Å². The molecule has 23 heavy (non-hydrogen) atoms. The van der Waals surface area contributed by atoms with Crippen LogP contribution in [-0.4, -0.2) is 76.5 Å². The minimum Gasteiger partial charge on any atom is -0.339 e. The minimum atomic E-state index is -3.20. The van der Waals surface area contributed by atoms with Crippen LogP contribution in [0.3, 0.4) is 0 Å². The molecule has 1 aliphatic carbocycles. The number of thioether (sulfide) groups is 1. The Morgan fingerprint density at radius 3 is 2.52 bits per heavy atom. The van der Waals surface area contributed by atoms with Crippen molar-refractivity contribution in [2.45, 2.75) is 24.0 Å². The summed E-state index contributed by atoms with van der Waals surface area (Å²) in [5.41, 5.74) is -0.232. The van der Waals surface area contributed by atoms with Gasteiger partial charge in [-0.2, -0.15) is 4.31 Å². The third-order valence-corrected chi connectivity index (χ3v) is 6.21. The lowest BCUT2D eigenvalue weighted by Gasteiger charge is -2.33. The number of aromatic amines is 1. The van der Waals surface area contributed by atoms with Gasteiger partial charge in [-0.1, -0.05) is 11.8 Å². The van der Waals surface area contributed by atoms with E-state index in [1.54, 1.807) is 9.47 Å². The maximum absolute atomic E-state index is 12.2. The van der Waals surface area contributed by atoms with Crippen LogP contribution in [0.15, 0.2) is 9.95 Å². The number of nitrogens with one attached hydrogen (secondary N) is 1. The minimum absolute atomic E-state index is 0.0686. The average Bonchev–Trinajstić information content (AvgIpc) is 3.27. The molecule has 0 aromatic carbocycles. The fraction of sp³-hybridized carbons (Fsp3) is 0.750. The zero-order chi connectivity index (χ0) is 16.6. The summed E-state index contributed by atoms with van der Waals surface area (Å²) in [5, 5.41) is 6.93. The first-order valence-corrected chi connectivity index (χ1v) is 10.2. The van der Waals surface area contributed by atoms with Crippen molar-refractivity contribution in [2.75, 3.05) is 38.2 Å². The van der Waals surface area contributed by atoms with E-state index in [1.165, 1.54) is 22.3 Å². The Labute approximate surface area is 138 Å². The van der Waals surface area contributed by atoms with Gasteiger partial charge in [0, 0.05) is 32.2 Å². The number of piperazine rings is 1. The Morgan fingerprint density at radius 1 is 1.30 bits per heavy atom. The van der Waals surface area contributed by atoms with Gasteiger partial charge >= 0.3 is 5.69 Å². The molecule has 1 aromatic rings. The molecular formula is C12H19N5O4S2. The van der Waals surface area contributed by atoms with Crippen molar-refractivity contribution in [3.05, 3.63) is 10.5 Å². The Hall–Kier alpha value is -1.33. The number of hydrogen-bond donors (Lipinski definition) is 1. The quantitative estimate of drug-likeness (QED) is 0.681. The molecule has 1 N–H and O–H groups in total. The lowest BCUT2D eigenvalue weighted by atomic mass is 10.3. The van der Waals surface area contributed by atoms with Crippen molar-refractivity contribution < 1.29 is 13.2 Å². The van der Waals surface area contributed by atoms with Gasteiger partial charge in [0.1, 0.15) is 0 Å². The van der Waals surface area contributed by atoms with Crippen LogP contribution in [0, 0.1) is 0 Å². The van der Waals surface area contributed by atoms with Crippen LogP contribution in [0.2, 0.25) is 0 Å². The molecule has 2 aliphatic rings. The normalized spacial score (nSPS) is 20.0. The molecule has 0 spiro atoms. The molecule has 11 heteroatoms. The number of carbonyl (C=O) groups excluding carboxylic acids is 1. The summed E-state index contributed by atoms with van der Waals surface area (Å²) in [6.45, 7) is 1.43. The van der Waals surface area contributed by atoms with Crippen molar-refractivity contribution in [1.82, 2.24) is 24.0 Å². The van der Waals surface area contributed by atoms with Crippen molar-refractivity contribution in [3.8, 4) is 0 Å². The number of carbonyl (C=O) groups is 1. The summed E-state index contributed by atoms with van der Waals surface area (Å²) in [6.07, 6.45) is 3.11. The molecule has 0 unspecified atom stereocenters. The van der Waals surface area contributed by atoms with Gasteiger partial charge in [0.2, 0.25) is 15.9 Å². The molecule has 1 amide bonds. The number of sulfonamides is 1. The molecule has 2 heterocycles. The van der Waals surface area contributed by atoms with Crippen LogP contribution in [0.5, 0.6) is 0 Å². The van der Waals surface area contributed by atoms with Crippen LogP contribution in [0.1, 0.15) is 18.9 Å². The Kier molecular flexibility index (Phi) is 4.52. The van der Waals surface area contributed by atoms with Gasteiger partial charge in [-0.25, -0.2) is 18.3 Å². The van der Waals surface area contributed by atoms with Crippen molar-refractivity contribution in [1.29, 1.82) is 0 Å². The van der Waals surface area contributed by atoms with E-state index in [2.05, 4.69) is 10.2 Å². The van der Waals surface area contributed by atoms with Gasteiger partial charge in [0.05, 0.1) is 12.0 Å². The number of amides is 1. The van der Waals surface area contributed by atoms with E-state index in [1.807, 2.05) is 0 Å². The summed E-state index contributed by atoms with van der Waals surface area (Å²) < 4.78 is 25.9. The third-order valence-electron chi connectivity index (χ3n) is 3.97.